The average molecular weight is 243 g/mol. The summed E-state index contributed by atoms with van der Waals surface area (Å²) in [4.78, 5) is 0. The lowest BCUT2D eigenvalue weighted by atomic mass is 9.74. The largest absolute Gasteiger partial charge is 0.324 e. The van der Waals surface area contributed by atoms with Gasteiger partial charge in [0.1, 0.15) is 0 Å². The van der Waals surface area contributed by atoms with Crippen molar-refractivity contribution in [1.29, 1.82) is 0 Å². The normalized spacial score (nSPS) is 22.7. The summed E-state index contributed by atoms with van der Waals surface area (Å²) < 4.78 is 0. The number of hydrogen-bond acceptors (Lipinski definition) is 1. The highest BCUT2D eigenvalue weighted by atomic mass is 14.6. The summed E-state index contributed by atoms with van der Waals surface area (Å²) in [5, 5.41) is 0. The molecule has 1 aromatic rings. The van der Waals surface area contributed by atoms with Crippen LogP contribution in [0.5, 0.6) is 0 Å². The molecule has 1 nitrogen and oxygen atoms in total. The molecule has 0 aliphatic heterocycles. The Labute approximate surface area is 111 Å². The van der Waals surface area contributed by atoms with Gasteiger partial charge in [-0.1, -0.05) is 57.5 Å². The highest BCUT2D eigenvalue weighted by molar-refractivity contribution is 5.67. The molecule has 1 aromatic carbocycles. The topological polar surface area (TPSA) is 26.0 Å². The monoisotopic (exact) mass is 243 g/mol. The van der Waals surface area contributed by atoms with Crippen LogP contribution in [0.25, 0.3) is 5.57 Å². The average Bonchev–Trinajstić information content (AvgIpc) is 2.27. The summed E-state index contributed by atoms with van der Waals surface area (Å²) in [6.07, 6.45) is 6.85. The smallest absolute Gasteiger partial charge is 0.0234 e. The first-order valence-corrected chi connectivity index (χ1v) is 7.06. The molecule has 0 bridgehead atoms. The second-order valence-electron chi connectivity index (χ2n) is 6.35. The van der Waals surface area contributed by atoms with Crippen molar-refractivity contribution in [3.05, 3.63) is 41.5 Å². The van der Waals surface area contributed by atoms with Gasteiger partial charge in [-0.2, -0.15) is 0 Å². The van der Waals surface area contributed by atoms with E-state index in [2.05, 4.69) is 51.1 Å². The first-order chi connectivity index (χ1) is 8.50. The van der Waals surface area contributed by atoms with Crippen molar-refractivity contribution < 1.29 is 0 Å². The van der Waals surface area contributed by atoms with Crippen molar-refractivity contribution in [1.82, 2.24) is 0 Å². The van der Waals surface area contributed by atoms with Crippen molar-refractivity contribution in [3.63, 3.8) is 0 Å². The minimum Gasteiger partial charge on any atom is -0.324 e. The molecule has 0 aromatic heterocycles. The van der Waals surface area contributed by atoms with E-state index in [0.717, 1.165) is 12.8 Å². The summed E-state index contributed by atoms with van der Waals surface area (Å²) in [6, 6.07) is 9.23. The van der Waals surface area contributed by atoms with Gasteiger partial charge in [-0.3, -0.25) is 0 Å². The Hall–Kier alpha value is -1.08. The molecule has 0 fully saturated rings. The van der Waals surface area contributed by atoms with Crippen LogP contribution in [0, 0.1) is 5.41 Å². The van der Waals surface area contributed by atoms with Crippen LogP contribution in [-0.4, -0.2) is 6.04 Å². The van der Waals surface area contributed by atoms with Crippen LogP contribution in [0.1, 0.15) is 51.2 Å². The molecule has 18 heavy (non-hydrogen) atoms. The highest BCUT2D eigenvalue weighted by Crippen LogP contribution is 2.38. The Morgan fingerprint density at radius 2 is 1.89 bits per heavy atom. The Balaban J connectivity index is 2.20. The molecule has 98 valence electrons. The van der Waals surface area contributed by atoms with Gasteiger partial charge in [0.05, 0.1) is 0 Å². The zero-order valence-corrected chi connectivity index (χ0v) is 11.9. The lowest BCUT2D eigenvalue weighted by molar-refractivity contribution is 0.319. The van der Waals surface area contributed by atoms with Gasteiger partial charge in [-0.25, -0.2) is 0 Å². The van der Waals surface area contributed by atoms with Crippen LogP contribution in [0.3, 0.4) is 0 Å². The summed E-state index contributed by atoms with van der Waals surface area (Å²) in [6.45, 7) is 6.84. The molecule has 0 heterocycles. The van der Waals surface area contributed by atoms with Gasteiger partial charge in [0.15, 0.2) is 0 Å². The van der Waals surface area contributed by atoms with Gasteiger partial charge < -0.3 is 5.73 Å². The lowest BCUT2D eigenvalue weighted by Crippen LogP contribution is -2.30. The standard InChI is InChI=1S/C17H25N/c1-4-5-13-6-8-14(9-7-13)15-10-16(18)12-17(2,3)11-15/h6-10,16H,4-5,11-12,18H2,1-3H3. The third-order valence-corrected chi connectivity index (χ3v) is 3.74. The quantitative estimate of drug-likeness (QED) is 0.847. The van der Waals surface area contributed by atoms with Crippen molar-refractivity contribution in [2.45, 2.75) is 52.5 Å². The molecule has 0 amide bonds. The van der Waals surface area contributed by atoms with Gasteiger partial charge in [-0.15, -0.1) is 0 Å². The fraction of sp³-hybridized carbons (Fsp3) is 0.529. The molecule has 0 spiro atoms. The Morgan fingerprint density at radius 1 is 1.22 bits per heavy atom. The second kappa shape index (κ2) is 5.27. The van der Waals surface area contributed by atoms with Crippen LogP contribution < -0.4 is 5.73 Å². The van der Waals surface area contributed by atoms with Crippen LogP contribution in [0.15, 0.2) is 30.3 Å². The highest BCUT2D eigenvalue weighted by Gasteiger charge is 2.27. The maximum absolute atomic E-state index is 6.14. The van der Waals surface area contributed by atoms with Crippen LogP contribution in [-0.2, 0) is 6.42 Å². The first-order valence-electron chi connectivity index (χ1n) is 7.06. The fourth-order valence-corrected chi connectivity index (χ4v) is 2.97. The molecular formula is C17H25N. The van der Waals surface area contributed by atoms with Crippen molar-refractivity contribution >= 4 is 5.57 Å². The van der Waals surface area contributed by atoms with E-state index in [-0.39, 0.29) is 6.04 Å². The van der Waals surface area contributed by atoms with Crippen molar-refractivity contribution in [2.24, 2.45) is 11.1 Å². The molecule has 0 saturated heterocycles. The van der Waals surface area contributed by atoms with Crippen molar-refractivity contribution in [3.8, 4) is 0 Å². The predicted molar refractivity (Wildman–Crippen MR) is 79.4 cm³/mol. The van der Waals surface area contributed by atoms with E-state index in [4.69, 9.17) is 5.73 Å². The second-order valence-corrected chi connectivity index (χ2v) is 6.35. The van der Waals surface area contributed by atoms with E-state index >= 15 is 0 Å². The fourth-order valence-electron chi connectivity index (χ4n) is 2.97. The number of hydrogen-bond donors (Lipinski definition) is 1. The van der Waals surface area contributed by atoms with E-state index in [1.54, 1.807) is 0 Å². The van der Waals surface area contributed by atoms with Gasteiger partial charge in [0, 0.05) is 6.04 Å². The van der Waals surface area contributed by atoms with Crippen LogP contribution >= 0.6 is 0 Å². The number of benzene rings is 1. The summed E-state index contributed by atoms with van der Waals surface area (Å²) >= 11 is 0. The lowest BCUT2D eigenvalue weighted by Gasteiger charge is -2.33. The van der Waals surface area contributed by atoms with Crippen LogP contribution in [0.2, 0.25) is 0 Å². The van der Waals surface area contributed by atoms with Gasteiger partial charge in [-0.05, 0) is 41.4 Å². The first kappa shape index (κ1) is 13.4. The molecule has 1 aliphatic carbocycles. The number of nitrogens with two attached hydrogens (primary N) is 1. The maximum Gasteiger partial charge on any atom is 0.0234 e. The molecule has 0 radical (unpaired) electrons. The SMILES string of the molecule is CCCc1ccc(C2=CC(N)CC(C)(C)C2)cc1. The zero-order valence-electron chi connectivity index (χ0n) is 11.9. The Kier molecular flexibility index (Phi) is 3.91. The molecule has 2 N–H and O–H groups in total. The number of rotatable bonds is 3. The van der Waals surface area contributed by atoms with Gasteiger partial charge >= 0.3 is 0 Å². The van der Waals surface area contributed by atoms with E-state index in [9.17, 15) is 0 Å². The third kappa shape index (κ3) is 3.23. The van der Waals surface area contributed by atoms with Crippen molar-refractivity contribution in [2.75, 3.05) is 0 Å². The molecule has 1 heteroatoms. The minimum absolute atomic E-state index is 0.207. The van der Waals surface area contributed by atoms with Gasteiger partial charge in [0.25, 0.3) is 0 Å². The number of allylic oxidation sites excluding steroid dienone is 1. The summed E-state index contributed by atoms with van der Waals surface area (Å²) in [7, 11) is 0. The summed E-state index contributed by atoms with van der Waals surface area (Å²) in [5.41, 5.74) is 10.7. The molecular weight excluding hydrogens is 218 g/mol. The molecule has 0 saturated carbocycles. The third-order valence-electron chi connectivity index (χ3n) is 3.74. The number of aryl methyl sites for hydroxylation is 1. The van der Waals surface area contributed by atoms with E-state index in [1.165, 1.54) is 29.5 Å². The van der Waals surface area contributed by atoms with Gasteiger partial charge in [0.2, 0.25) is 0 Å². The molecule has 1 unspecified atom stereocenters. The summed E-state index contributed by atoms with van der Waals surface area (Å²) in [5.74, 6) is 0. The zero-order chi connectivity index (χ0) is 13.2. The minimum atomic E-state index is 0.207. The predicted octanol–water partition coefficient (Wildman–Crippen LogP) is 4.17. The molecule has 1 atom stereocenters. The molecule has 2 rings (SSSR count). The van der Waals surface area contributed by atoms with E-state index in [0.29, 0.717) is 5.41 Å². The maximum atomic E-state index is 6.14. The Morgan fingerprint density at radius 3 is 2.44 bits per heavy atom. The van der Waals surface area contributed by atoms with Crippen LogP contribution in [0.4, 0.5) is 0 Å². The molecule has 1 aliphatic rings. The van der Waals surface area contributed by atoms with E-state index < -0.39 is 0 Å². The van der Waals surface area contributed by atoms with E-state index in [1.807, 2.05) is 0 Å². The Bertz CT molecular complexity index is 425.